The van der Waals surface area contributed by atoms with Crippen molar-refractivity contribution in [1.82, 2.24) is 0 Å². The SMILES string of the molecule is COc1ccc(C(=O)C(O)c2ccccc2)cc1OC. The first-order valence-corrected chi connectivity index (χ1v) is 6.16. The lowest BCUT2D eigenvalue weighted by atomic mass is 10.00. The van der Waals surface area contributed by atoms with Crippen LogP contribution in [-0.2, 0) is 0 Å². The molecule has 0 aromatic heterocycles. The average Bonchev–Trinajstić information content (AvgIpc) is 2.53. The lowest BCUT2D eigenvalue weighted by Gasteiger charge is -2.12. The second-order valence-electron chi connectivity index (χ2n) is 4.25. The van der Waals surface area contributed by atoms with Crippen LogP contribution in [0.15, 0.2) is 48.5 Å². The summed E-state index contributed by atoms with van der Waals surface area (Å²) in [6, 6.07) is 13.6. The van der Waals surface area contributed by atoms with Gasteiger partial charge < -0.3 is 14.6 Å². The Morgan fingerprint density at radius 2 is 1.65 bits per heavy atom. The van der Waals surface area contributed by atoms with Crippen molar-refractivity contribution in [3.05, 3.63) is 59.7 Å². The van der Waals surface area contributed by atoms with Gasteiger partial charge in [0.05, 0.1) is 14.2 Å². The molecule has 0 aliphatic carbocycles. The van der Waals surface area contributed by atoms with E-state index in [-0.39, 0.29) is 5.78 Å². The first-order valence-electron chi connectivity index (χ1n) is 6.16. The van der Waals surface area contributed by atoms with Gasteiger partial charge in [-0.15, -0.1) is 0 Å². The van der Waals surface area contributed by atoms with Crippen molar-refractivity contribution in [2.45, 2.75) is 6.10 Å². The topological polar surface area (TPSA) is 55.8 Å². The molecule has 20 heavy (non-hydrogen) atoms. The third kappa shape index (κ3) is 2.81. The fourth-order valence-electron chi connectivity index (χ4n) is 1.93. The van der Waals surface area contributed by atoms with Crippen molar-refractivity contribution < 1.29 is 19.4 Å². The molecular formula is C16H16O4. The van der Waals surface area contributed by atoms with E-state index < -0.39 is 6.10 Å². The van der Waals surface area contributed by atoms with Crippen LogP contribution in [0.5, 0.6) is 11.5 Å². The van der Waals surface area contributed by atoms with Crippen LogP contribution in [0.1, 0.15) is 22.0 Å². The Hall–Kier alpha value is -2.33. The summed E-state index contributed by atoms with van der Waals surface area (Å²) >= 11 is 0. The normalized spacial score (nSPS) is 11.8. The standard InChI is InChI=1S/C16H16O4/c1-19-13-9-8-12(10-14(13)20-2)16(18)15(17)11-6-4-3-5-7-11/h3-10,15,17H,1-2H3. The Morgan fingerprint density at radius 1 is 1.00 bits per heavy atom. The van der Waals surface area contributed by atoms with Crippen LogP contribution in [0.4, 0.5) is 0 Å². The molecule has 0 saturated heterocycles. The van der Waals surface area contributed by atoms with Gasteiger partial charge in [-0.3, -0.25) is 4.79 Å². The summed E-state index contributed by atoms with van der Waals surface area (Å²) in [4.78, 5) is 12.3. The van der Waals surface area contributed by atoms with E-state index in [1.165, 1.54) is 14.2 Å². The van der Waals surface area contributed by atoms with Gasteiger partial charge >= 0.3 is 0 Å². The Balaban J connectivity index is 2.29. The summed E-state index contributed by atoms with van der Waals surface area (Å²) in [6.07, 6.45) is -1.19. The van der Waals surface area contributed by atoms with E-state index in [1.807, 2.05) is 6.07 Å². The molecule has 0 radical (unpaired) electrons. The van der Waals surface area contributed by atoms with Gasteiger partial charge in [-0.05, 0) is 23.8 Å². The van der Waals surface area contributed by atoms with Crippen molar-refractivity contribution in [2.24, 2.45) is 0 Å². The molecule has 0 amide bonds. The number of ether oxygens (including phenoxy) is 2. The molecule has 0 spiro atoms. The number of Topliss-reactive ketones (excluding diaryl/α,β-unsaturated/α-hetero) is 1. The summed E-state index contributed by atoms with van der Waals surface area (Å²) in [6.45, 7) is 0. The highest BCUT2D eigenvalue weighted by atomic mass is 16.5. The van der Waals surface area contributed by atoms with E-state index in [4.69, 9.17) is 9.47 Å². The predicted molar refractivity (Wildman–Crippen MR) is 75.3 cm³/mol. The van der Waals surface area contributed by atoms with Crippen LogP contribution < -0.4 is 9.47 Å². The zero-order valence-electron chi connectivity index (χ0n) is 11.4. The molecule has 104 valence electrons. The highest BCUT2D eigenvalue weighted by Crippen LogP contribution is 2.29. The minimum Gasteiger partial charge on any atom is -0.493 e. The highest BCUT2D eigenvalue weighted by Gasteiger charge is 2.20. The van der Waals surface area contributed by atoms with Gasteiger partial charge in [-0.1, -0.05) is 30.3 Å². The van der Waals surface area contributed by atoms with Gasteiger partial charge in [0, 0.05) is 5.56 Å². The van der Waals surface area contributed by atoms with Gasteiger partial charge in [-0.25, -0.2) is 0 Å². The molecule has 0 bridgehead atoms. The number of aliphatic hydroxyl groups is 1. The summed E-state index contributed by atoms with van der Waals surface area (Å²) in [5, 5.41) is 10.1. The summed E-state index contributed by atoms with van der Waals surface area (Å²) < 4.78 is 10.3. The Bertz CT molecular complexity index is 593. The van der Waals surface area contributed by atoms with Crippen molar-refractivity contribution in [3.8, 4) is 11.5 Å². The maximum Gasteiger partial charge on any atom is 0.195 e. The maximum absolute atomic E-state index is 12.3. The fraction of sp³-hybridized carbons (Fsp3) is 0.188. The van der Waals surface area contributed by atoms with Crippen molar-refractivity contribution in [1.29, 1.82) is 0 Å². The maximum atomic E-state index is 12.3. The molecule has 0 aliphatic heterocycles. The molecule has 4 nitrogen and oxygen atoms in total. The number of ketones is 1. The smallest absolute Gasteiger partial charge is 0.195 e. The second kappa shape index (κ2) is 6.21. The van der Waals surface area contributed by atoms with Crippen LogP contribution in [0.2, 0.25) is 0 Å². The van der Waals surface area contributed by atoms with E-state index in [1.54, 1.807) is 42.5 Å². The molecule has 1 unspecified atom stereocenters. The highest BCUT2D eigenvalue weighted by molar-refractivity contribution is 6.00. The van der Waals surface area contributed by atoms with Gasteiger partial charge in [-0.2, -0.15) is 0 Å². The van der Waals surface area contributed by atoms with Crippen LogP contribution in [0.3, 0.4) is 0 Å². The third-order valence-corrected chi connectivity index (χ3v) is 3.03. The summed E-state index contributed by atoms with van der Waals surface area (Å²) in [5.74, 6) is 0.619. The molecule has 0 aliphatic rings. The number of benzene rings is 2. The van der Waals surface area contributed by atoms with E-state index in [2.05, 4.69) is 0 Å². The van der Waals surface area contributed by atoms with E-state index in [9.17, 15) is 9.90 Å². The molecule has 0 saturated carbocycles. The van der Waals surface area contributed by atoms with Crippen molar-refractivity contribution >= 4 is 5.78 Å². The Labute approximate surface area is 117 Å². The molecule has 2 rings (SSSR count). The molecule has 1 atom stereocenters. The Morgan fingerprint density at radius 3 is 2.25 bits per heavy atom. The number of aliphatic hydroxyl groups excluding tert-OH is 1. The van der Waals surface area contributed by atoms with E-state index >= 15 is 0 Å². The fourth-order valence-corrected chi connectivity index (χ4v) is 1.93. The van der Waals surface area contributed by atoms with Crippen molar-refractivity contribution in [2.75, 3.05) is 14.2 Å². The minimum absolute atomic E-state index is 0.374. The van der Waals surface area contributed by atoms with Gasteiger partial charge in [0.25, 0.3) is 0 Å². The molecular weight excluding hydrogens is 256 g/mol. The zero-order chi connectivity index (χ0) is 14.5. The average molecular weight is 272 g/mol. The molecule has 1 N–H and O–H groups in total. The molecule has 4 heteroatoms. The molecule has 0 fully saturated rings. The lowest BCUT2D eigenvalue weighted by Crippen LogP contribution is -2.12. The van der Waals surface area contributed by atoms with E-state index in [0.717, 1.165) is 0 Å². The number of hydrogen-bond donors (Lipinski definition) is 1. The lowest BCUT2D eigenvalue weighted by molar-refractivity contribution is 0.0747. The van der Waals surface area contributed by atoms with Crippen molar-refractivity contribution in [3.63, 3.8) is 0 Å². The van der Waals surface area contributed by atoms with E-state index in [0.29, 0.717) is 22.6 Å². The molecule has 2 aromatic rings. The van der Waals surface area contributed by atoms with Crippen LogP contribution in [-0.4, -0.2) is 25.1 Å². The molecule has 2 aromatic carbocycles. The summed E-state index contributed by atoms with van der Waals surface area (Å²) in [5.41, 5.74) is 0.936. The quantitative estimate of drug-likeness (QED) is 0.850. The second-order valence-corrected chi connectivity index (χ2v) is 4.25. The number of hydrogen-bond acceptors (Lipinski definition) is 4. The van der Waals surface area contributed by atoms with Crippen LogP contribution >= 0.6 is 0 Å². The largest absolute Gasteiger partial charge is 0.493 e. The number of carbonyl (C=O) groups is 1. The molecule has 0 heterocycles. The van der Waals surface area contributed by atoms with Gasteiger partial charge in [0.1, 0.15) is 6.10 Å². The first-order chi connectivity index (χ1) is 9.67. The summed E-state index contributed by atoms with van der Waals surface area (Å²) in [7, 11) is 3.03. The van der Waals surface area contributed by atoms with Crippen LogP contribution in [0.25, 0.3) is 0 Å². The Kier molecular flexibility index (Phi) is 4.38. The minimum atomic E-state index is -1.19. The third-order valence-electron chi connectivity index (χ3n) is 3.03. The monoisotopic (exact) mass is 272 g/mol. The zero-order valence-corrected chi connectivity index (χ0v) is 11.4. The van der Waals surface area contributed by atoms with Gasteiger partial charge in [0.2, 0.25) is 0 Å². The van der Waals surface area contributed by atoms with Gasteiger partial charge in [0.15, 0.2) is 17.3 Å². The first kappa shape index (κ1) is 14.1. The number of carbonyl (C=O) groups excluding carboxylic acids is 1. The van der Waals surface area contributed by atoms with Crippen LogP contribution in [0, 0.1) is 0 Å². The number of methoxy groups -OCH3 is 2. The number of rotatable bonds is 5. The predicted octanol–water partition coefficient (Wildman–Crippen LogP) is 2.62.